The van der Waals surface area contributed by atoms with Gasteiger partial charge in [0.05, 0.1) is 11.6 Å². The van der Waals surface area contributed by atoms with Gasteiger partial charge in [0, 0.05) is 0 Å². The molecule has 106 valence electrons. The molecular formula is C18H17NO2. The first-order valence-electron chi connectivity index (χ1n) is 7.03. The molecule has 2 atom stereocenters. The van der Waals surface area contributed by atoms with Crippen molar-refractivity contribution in [2.24, 2.45) is 5.92 Å². The highest BCUT2D eigenvalue weighted by atomic mass is 16.3. The summed E-state index contributed by atoms with van der Waals surface area (Å²) in [7, 11) is 0. The average molecular weight is 279 g/mol. The number of amides is 1. The van der Waals surface area contributed by atoms with Crippen molar-refractivity contribution < 1.29 is 9.90 Å². The standard InChI is InChI=1S/C18H17NO2/c1-12-6-2-5-9-16(12)19-18(21)15-10-13-7-3-4-8-14(13)11-17(15)20/h2-12,16,20H,1H3,(H,19,21). The maximum atomic E-state index is 12.4. The Morgan fingerprint density at radius 3 is 2.48 bits per heavy atom. The molecule has 3 rings (SSSR count). The van der Waals surface area contributed by atoms with Crippen LogP contribution in [0, 0.1) is 5.92 Å². The summed E-state index contributed by atoms with van der Waals surface area (Å²) < 4.78 is 0. The van der Waals surface area contributed by atoms with Crippen LogP contribution in [0.25, 0.3) is 10.8 Å². The predicted octanol–water partition coefficient (Wildman–Crippen LogP) is 3.41. The molecule has 21 heavy (non-hydrogen) atoms. The van der Waals surface area contributed by atoms with Crippen molar-refractivity contribution in [2.45, 2.75) is 13.0 Å². The topological polar surface area (TPSA) is 49.3 Å². The summed E-state index contributed by atoms with van der Waals surface area (Å²) in [5.74, 6) is -0.00853. The third-order valence-corrected chi connectivity index (χ3v) is 3.82. The lowest BCUT2D eigenvalue weighted by molar-refractivity contribution is 0.0936. The summed E-state index contributed by atoms with van der Waals surface area (Å²) >= 11 is 0. The molecule has 2 aromatic carbocycles. The molecule has 1 amide bonds. The largest absolute Gasteiger partial charge is 0.507 e. The zero-order chi connectivity index (χ0) is 14.8. The van der Waals surface area contributed by atoms with E-state index in [2.05, 4.69) is 5.32 Å². The molecule has 0 saturated heterocycles. The van der Waals surface area contributed by atoms with Crippen LogP contribution in [-0.4, -0.2) is 17.1 Å². The summed E-state index contributed by atoms with van der Waals surface area (Å²) in [4.78, 5) is 12.4. The van der Waals surface area contributed by atoms with E-state index >= 15 is 0 Å². The van der Waals surface area contributed by atoms with Crippen LogP contribution in [0.5, 0.6) is 5.75 Å². The molecule has 3 nitrogen and oxygen atoms in total. The summed E-state index contributed by atoms with van der Waals surface area (Å²) in [6, 6.07) is 11.0. The number of aromatic hydroxyl groups is 1. The number of carbonyl (C=O) groups is 1. The van der Waals surface area contributed by atoms with Crippen molar-refractivity contribution in [1.29, 1.82) is 0 Å². The van der Waals surface area contributed by atoms with Crippen LogP contribution < -0.4 is 5.32 Å². The summed E-state index contributed by atoms with van der Waals surface area (Å²) in [6.45, 7) is 2.05. The normalized spacial score (nSPS) is 20.6. The Balaban J connectivity index is 1.89. The van der Waals surface area contributed by atoms with Gasteiger partial charge in [0.2, 0.25) is 0 Å². The van der Waals surface area contributed by atoms with Gasteiger partial charge in [-0.3, -0.25) is 4.79 Å². The van der Waals surface area contributed by atoms with Crippen LogP contribution in [0.1, 0.15) is 17.3 Å². The van der Waals surface area contributed by atoms with Gasteiger partial charge in [-0.1, -0.05) is 55.5 Å². The van der Waals surface area contributed by atoms with Crippen molar-refractivity contribution in [2.75, 3.05) is 0 Å². The molecule has 0 spiro atoms. The molecule has 0 bridgehead atoms. The van der Waals surface area contributed by atoms with E-state index in [-0.39, 0.29) is 23.6 Å². The van der Waals surface area contributed by atoms with Crippen LogP contribution in [0.2, 0.25) is 0 Å². The van der Waals surface area contributed by atoms with E-state index in [0.717, 1.165) is 10.8 Å². The van der Waals surface area contributed by atoms with Gasteiger partial charge in [0.15, 0.2) is 0 Å². The van der Waals surface area contributed by atoms with Crippen molar-refractivity contribution in [1.82, 2.24) is 5.32 Å². The zero-order valence-corrected chi connectivity index (χ0v) is 11.8. The zero-order valence-electron chi connectivity index (χ0n) is 11.8. The first-order valence-corrected chi connectivity index (χ1v) is 7.03. The fourth-order valence-corrected chi connectivity index (χ4v) is 2.54. The molecular weight excluding hydrogens is 262 g/mol. The quantitative estimate of drug-likeness (QED) is 0.885. The Bertz CT molecular complexity index is 746. The number of hydrogen-bond acceptors (Lipinski definition) is 2. The lowest BCUT2D eigenvalue weighted by Crippen LogP contribution is -2.38. The number of fused-ring (bicyclic) bond motifs is 1. The Morgan fingerprint density at radius 2 is 1.76 bits per heavy atom. The molecule has 0 radical (unpaired) electrons. The minimum absolute atomic E-state index is 0.00850. The lowest BCUT2D eigenvalue weighted by Gasteiger charge is -2.22. The highest BCUT2D eigenvalue weighted by Gasteiger charge is 2.19. The number of allylic oxidation sites excluding steroid dienone is 2. The predicted molar refractivity (Wildman–Crippen MR) is 84.3 cm³/mol. The molecule has 2 unspecified atom stereocenters. The van der Waals surface area contributed by atoms with Gasteiger partial charge >= 0.3 is 0 Å². The smallest absolute Gasteiger partial charge is 0.255 e. The number of carbonyl (C=O) groups excluding carboxylic acids is 1. The summed E-state index contributed by atoms with van der Waals surface area (Å²) in [5, 5.41) is 14.9. The van der Waals surface area contributed by atoms with E-state index in [1.807, 2.05) is 55.5 Å². The molecule has 1 aliphatic rings. The Morgan fingerprint density at radius 1 is 1.10 bits per heavy atom. The lowest BCUT2D eigenvalue weighted by atomic mass is 9.96. The van der Waals surface area contributed by atoms with Crippen LogP contribution in [-0.2, 0) is 0 Å². The van der Waals surface area contributed by atoms with E-state index < -0.39 is 0 Å². The van der Waals surface area contributed by atoms with Crippen LogP contribution in [0.3, 0.4) is 0 Å². The number of hydrogen-bond donors (Lipinski definition) is 2. The van der Waals surface area contributed by atoms with Crippen LogP contribution >= 0.6 is 0 Å². The van der Waals surface area contributed by atoms with Gasteiger partial charge in [-0.2, -0.15) is 0 Å². The summed E-state index contributed by atoms with van der Waals surface area (Å²) in [6.07, 6.45) is 7.90. The highest BCUT2D eigenvalue weighted by molar-refractivity contribution is 6.01. The number of benzene rings is 2. The SMILES string of the molecule is CC1C=CC=CC1NC(=O)c1cc2ccccc2cc1O. The van der Waals surface area contributed by atoms with Gasteiger partial charge in [-0.05, 0) is 28.8 Å². The number of rotatable bonds is 2. The number of phenols is 1. The van der Waals surface area contributed by atoms with E-state index in [1.54, 1.807) is 12.1 Å². The van der Waals surface area contributed by atoms with Crippen molar-refractivity contribution >= 4 is 16.7 Å². The second-order valence-corrected chi connectivity index (χ2v) is 5.34. The Kier molecular flexibility index (Phi) is 3.48. The van der Waals surface area contributed by atoms with Crippen molar-refractivity contribution in [3.05, 3.63) is 66.3 Å². The fraction of sp³-hybridized carbons (Fsp3) is 0.167. The molecule has 0 aromatic heterocycles. The molecule has 2 N–H and O–H groups in total. The maximum absolute atomic E-state index is 12.4. The minimum atomic E-state index is -0.255. The number of phenolic OH excluding ortho intramolecular Hbond substituents is 1. The van der Waals surface area contributed by atoms with Gasteiger partial charge in [0.25, 0.3) is 5.91 Å². The van der Waals surface area contributed by atoms with Gasteiger partial charge in [-0.25, -0.2) is 0 Å². The second kappa shape index (κ2) is 5.44. The van der Waals surface area contributed by atoms with Gasteiger partial charge in [-0.15, -0.1) is 0 Å². The highest BCUT2D eigenvalue weighted by Crippen LogP contribution is 2.25. The van der Waals surface area contributed by atoms with Gasteiger partial charge < -0.3 is 10.4 Å². The molecule has 0 saturated carbocycles. The third kappa shape index (κ3) is 2.68. The molecule has 3 heteroatoms. The molecule has 0 aliphatic heterocycles. The van der Waals surface area contributed by atoms with E-state index in [0.29, 0.717) is 5.56 Å². The molecule has 0 fully saturated rings. The maximum Gasteiger partial charge on any atom is 0.255 e. The Labute approximate surface area is 123 Å². The summed E-state index contributed by atoms with van der Waals surface area (Å²) in [5.41, 5.74) is 0.309. The fourth-order valence-electron chi connectivity index (χ4n) is 2.54. The molecule has 2 aromatic rings. The van der Waals surface area contributed by atoms with E-state index in [1.165, 1.54) is 0 Å². The Hall–Kier alpha value is -2.55. The number of nitrogens with one attached hydrogen (secondary N) is 1. The van der Waals surface area contributed by atoms with Crippen molar-refractivity contribution in [3.63, 3.8) is 0 Å². The second-order valence-electron chi connectivity index (χ2n) is 5.34. The first kappa shape index (κ1) is 13.4. The average Bonchev–Trinajstić information content (AvgIpc) is 2.49. The van der Waals surface area contributed by atoms with Crippen molar-refractivity contribution in [3.8, 4) is 5.75 Å². The molecule has 0 heterocycles. The first-order chi connectivity index (χ1) is 10.1. The van der Waals surface area contributed by atoms with Gasteiger partial charge in [0.1, 0.15) is 5.75 Å². The monoisotopic (exact) mass is 279 g/mol. The van der Waals surface area contributed by atoms with E-state index in [4.69, 9.17) is 0 Å². The van der Waals surface area contributed by atoms with Crippen LogP contribution in [0.4, 0.5) is 0 Å². The van der Waals surface area contributed by atoms with E-state index in [9.17, 15) is 9.90 Å². The minimum Gasteiger partial charge on any atom is -0.507 e. The molecule has 1 aliphatic carbocycles. The third-order valence-electron chi connectivity index (χ3n) is 3.82. The van der Waals surface area contributed by atoms with Crippen LogP contribution in [0.15, 0.2) is 60.7 Å².